The Morgan fingerprint density at radius 2 is 1.83 bits per heavy atom. The van der Waals surface area contributed by atoms with Gasteiger partial charge in [-0.05, 0) is 37.5 Å². The molecule has 0 radical (unpaired) electrons. The normalized spacial score (nSPS) is 14.8. The molecule has 3 rings (SSSR count). The molecule has 1 saturated carbocycles. The Labute approximate surface area is 166 Å². The van der Waals surface area contributed by atoms with Gasteiger partial charge < -0.3 is 20.9 Å². The molecular formula is C19H23F3N6O. The fraction of sp³-hybridized carbons (Fsp3) is 0.421. The van der Waals surface area contributed by atoms with Crippen molar-refractivity contribution in [1.29, 1.82) is 0 Å². The Kier molecular flexibility index (Phi) is 5.81. The number of hydrogen-bond donors (Lipinski definition) is 3. The van der Waals surface area contributed by atoms with Gasteiger partial charge in [-0.2, -0.15) is 18.2 Å². The Hall–Kier alpha value is -3.04. The van der Waals surface area contributed by atoms with Crippen LogP contribution in [0.15, 0.2) is 30.3 Å². The van der Waals surface area contributed by atoms with E-state index in [1.165, 1.54) is 4.90 Å². The molecule has 7 nitrogen and oxygen atoms in total. The molecule has 1 heterocycles. The van der Waals surface area contributed by atoms with E-state index in [9.17, 15) is 18.0 Å². The number of amides is 2. The summed E-state index contributed by atoms with van der Waals surface area (Å²) in [6.07, 6.45) is -2.56. The lowest BCUT2D eigenvalue weighted by Crippen LogP contribution is -2.30. The highest BCUT2D eigenvalue weighted by molar-refractivity contribution is 5.89. The average Bonchev–Trinajstić information content (AvgIpc) is 3.45. The zero-order valence-corrected chi connectivity index (χ0v) is 16.3. The third-order valence-corrected chi connectivity index (χ3v) is 4.39. The van der Waals surface area contributed by atoms with Gasteiger partial charge in [-0.3, -0.25) is 0 Å². The molecule has 29 heavy (non-hydrogen) atoms. The van der Waals surface area contributed by atoms with Crippen molar-refractivity contribution in [3.05, 3.63) is 41.6 Å². The number of carbonyl (C=O) groups excluding carboxylic acids is 1. The van der Waals surface area contributed by atoms with E-state index < -0.39 is 11.9 Å². The van der Waals surface area contributed by atoms with E-state index in [0.29, 0.717) is 5.69 Å². The molecule has 0 aliphatic heterocycles. The van der Waals surface area contributed by atoms with E-state index in [-0.39, 0.29) is 29.9 Å². The Morgan fingerprint density at radius 3 is 2.38 bits per heavy atom. The van der Waals surface area contributed by atoms with Crippen molar-refractivity contribution in [2.24, 2.45) is 0 Å². The molecule has 156 valence electrons. The number of aromatic nitrogens is 2. The maximum Gasteiger partial charge on any atom is 0.433 e. The predicted octanol–water partition coefficient (Wildman–Crippen LogP) is 4.02. The number of nitrogens with one attached hydrogen (secondary N) is 3. The molecule has 0 saturated heterocycles. The standard InChI is InChI=1S/C19H23F3N6O/c1-11(12-4-6-13(7-5-12)24-18(29)25-14-8-9-14)23-17-26-15(19(20,21)22)10-16(27-17)28(2)3/h4-7,10-11,14H,8-9H2,1-3H3,(H,23,26,27)(H2,24,25,29). The van der Waals surface area contributed by atoms with Gasteiger partial charge in [-0.25, -0.2) is 9.78 Å². The predicted molar refractivity (Wildman–Crippen MR) is 105 cm³/mol. The van der Waals surface area contributed by atoms with Crippen LogP contribution in [0, 0.1) is 0 Å². The van der Waals surface area contributed by atoms with Crippen molar-refractivity contribution in [2.75, 3.05) is 29.6 Å². The van der Waals surface area contributed by atoms with Crippen LogP contribution in [0.2, 0.25) is 0 Å². The number of halogens is 3. The van der Waals surface area contributed by atoms with Crippen molar-refractivity contribution in [1.82, 2.24) is 15.3 Å². The number of urea groups is 1. The molecule has 2 aromatic rings. The van der Waals surface area contributed by atoms with Gasteiger partial charge in [0, 0.05) is 31.9 Å². The lowest BCUT2D eigenvalue weighted by molar-refractivity contribution is -0.141. The minimum absolute atomic E-state index is 0.109. The van der Waals surface area contributed by atoms with Gasteiger partial charge in [0.2, 0.25) is 5.95 Å². The molecular weight excluding hydrogens is 385 g/mol. The van der Waals surface area contributed by atoms with Crippen LogP contribution in [0.5, 0.6) is 0 Å². The number of carbonyl (C=O) groups is 1. The molecule has 2 amide bonds. The largest absolute Gasteiger partial charge is 0.433 e. The lowest BCUT2D eigenvalue weighted by atomic mass is 10.1. The Morgan fingerprint density at radius 1 is 1.17 bits per heavy atom. The average molecular weight is 408 g/mol. The Bertz CT molecular complexity index is 865. The number of alkyl halides is 3. The highest BCUT2D eigenvalue weighted by Gasteiger charge is 2.34. The third-order valence-electron chi connectivity index (χ3n) is 4.39. The first-order valence-corrected chi connectivity index (χ1v) is 9.19. The summed E-state index contributed by atoms with van der Waals surface area (Å²) in [5.41, 5.74) is 0.432. The van der Waals surface area contributed by atoms with Crippen molar-refractivity contribution >= 4 is 23.5 Å². The summed E-state index contributed by atoms with van der Waals surface area (Å²) in [4.78, 5) is 21.0. The van der Waals surface area contributed by atoms with Gasteiger partial charge in [0.15, 0.2) is 5.69 Å². The van der Waals surface area contributed by atoms with Crippen LogP contribution in [0.4, 0.5) is 35.4 Å². The topological polar surface area (TPSA) is 82.2 Å². The highest BCUT2D eigenvalue weighted by Crippen LogP contribution is 2.31. The van der Waals surface area contributed by atoms with E-state index in [0.717, 1.165) is 24.5 Å². The van der Waals surface area contributed by atoms with Crippen LogP contribution in [0.3, 0.4) is 0 Å². The van der Waals surface area contributed by atoms with Gasteiger partial charge in [0.1, 0.15) is 5.82 Å². The maximum absolute atomic E-state index is 13.1. The second kappa shape index (κ2) is 8.14. The molecule has 1 aromatic heterocycles. The summed E-state index contributed by atoms with van der Waals surface area (Å²) in [5, 5.41) is 8.49. The van der Waals surface area contributed by atoms with Crippen LogP contribution in [0.1, 0.15) is 37.1 Å². The quantitative estimate of drug-likeness (QED) is 0.673. The molecule has 1 aliphatic carbocycles. The third kappa shape index (κ3) is 5.72. The first-order chi connectivity index (χ1) is 13.6. The first kappa shape index (κ1) is 20.7. The number of anilines is 3. The van der Waals surface area contributed by atoms with Crippen molar-refractivity contribution in [3.8, 4) is 0 Å². The van der Waals surface area contributed by atoms with Gasteiger partial charge in [0.05, 0.1) is 6.04 Å². The summed E-state index contributed by atoms with van der Waals surface area (Å²) in [7, 11) is 3.22. The second-order valence-electron chi connectivity index (χ2n) is 7.19. The molecule has 1 aliphatic rings. The summed E-state index contributed by atoms with van der Waals surface area (Å²) in [5.74, 6) is 0.0466. The summed E-state index contributed by atoms with van der Waals surface area (Å²) in [6.45, 7) is 1.79. The van der Waals surface area contributed by atoms with Gasteiger partial charge in [0.25, 0.3) is 0 Å². The first-order valence-electron chi connectivity index (χ1n) is 9.19. The molecule has 0 bridgehead atoms. The van der Waals surface area contributed by atoms with Crippen molar-refractivity contribution in [2.45, 2.75) is 38.0 Å². The lowest BCUT2D eigenvalue weighted by Gasteiger charge is -2.19. The van der Waals surface area contributed by atoms with Crippen molar-refractivity contribution < 1.29 is 18.0 Å². The van der Waals surface area contributed by atoms with Crippen LogP contribution >= 0.6 is 0 Å². The molecule has 10 heteroatoms. The zero-order chi connectivity index (χ0) is 21.2. The Balaban J connectivity index is 1.69. The SMILES string of the molecule is CC(Nc1nc(N(C)C)cc(C(F)(F)F)n1)c1ccc(NC(=O)NC2CC2)cc1. The van der Waals surface area contributed by atoms with Crippen LogP contribution in [-0.4, -0.2) is 36.1 Å². The molecule has 1 atom stereocenters. The molecule has 1 aromatic carbocycles. The second-order valence-corrected chi connectivity index (χ2v) is 7.19. The van der Waals surface area contributed by atoms with E-state index in [2.05, 4.69) is 25.9 Å². The number of rotatable bonds is 6. The van der Waals surface area contributed by atoms with Crippen LogP contribution < -0.4 is 20.9 Å². The summed E-state index contributed by atoms with van der Waals surface area (Å²) < 4.78 is 39.4. The van der Waals surface area contributed by atoms with Crippen molar-refractivity contribution in [3.63, 3.8) is 0 Å². The minimum atomic E-state index is -4.57. The number of hydrogen-bond acceptors (Lipinski definition) is 5. The van der Waals surface area contributed by atoms with E-state index in [1.807, 2.05) is 0 Å². The minimum Gasteiger partial charge on any atom is -0.363 e. The van der Waals surface area contributed by atoms with E-state index in [4.69, 9.17) is 0 Å². The molecule has 3 N–H and O–H groups in total. The summed E-state index contributed by atoms with van der Waals surface area (Å²) >= 11 is 0. The highest BCUT2D eigenvalue weighted by atomic mass is 19.4. The van der Waals surface area contributed by atoms with E-state index >= 15 is 0 Å². The smallest absolute Gasteiger partial charge is 0.363 e. The van der Waals surface area contributed by atoms with Crippen LogP contribution in [-0.2, 0) is 6.18 Å². The fourth-order valence-electron chi connectivity index (χ4n) is 2.59. The molecule has 1 unspecified atom stereocenters. The van der Waals surface area contributed by atoms with Gasteiger partial charge >= 0.3 is 12.2 Å². The molecule has 1 fully saturated rings. The maximum atomic E-state index is 13.1. The number of nitrogens with zero attached hydrogens (tertiary/aromatic N) is 3. The fourth-order valence-corrected chi connectivity index (χ4v) is 2.59. The number of benzene rings is 1. The molecule has 0 spiro atoms. The zero-order valence-electron chi connectivity index (χ0n) is 16.3. The van der Waals surface area contributed by atoms with Gasteiger partial charge in [-0.15, -0.1) is 0 Å². The van der Waals surface area contributed by atoms with E-state index in [1.54, 1.807) is 45.3 Å². The monoisotopic (exact) mass is 408 g/mol. The van der Waals surface area contributed by atoms with Crippen LogP contribution in [0.25, 0.3) is 0 Å². The summed E-state index contributed by atoms with van der Waals surface area (Å²) in [6, 6.07) is 7.61. The van der Waals surface area contributed by atoms with Gasteiger partial charge in [-0.1, -0.05) is 12.1 Å².